The molecule has 2 amide bonds. The predicted molar refractivity (Wildman–Crippen MR) is 113 cm³/mol. The van der Waals surface area contributed by atoms with Crippen LogP contribution in [0.3, 0.4) is 0 Å². The molecule has 2 aromatic rings. The lowest BCUT2D eigenvalue weighted by Gasteiger charge is -2.36. The highest BCUT2D eigenvalue weighted by Gasteiger charge is 2.28. The Morgan fingerprint density at radius 1 is 1.31 bits per heavy atom. The number of nitrogens with zero attached hydrogens (tertiary/aromatic N) is 3. The number of carbonyl (C=O) groups excluding carboxylic acids is 2. The standard InChI is InChI=1S/C21H28N4O3S/c1-21(2,3)28-20(27)23-13-16-8-5-7-11-25(16)18(26)12-15-14-29-19(24-15)17-9-4-6-10-22-17/h4,6,9-10,14,16H,5,7-8,11-13H2,1-3H3,(H,23,27). The number of nitrogens with one attached hydrogen (secondary N) is 1. The van der Waals surface area contributed by atoms with Gasteiger partial charge in [-0.25, -0.2) is 9.78 Å². The number of thiazole rings is 1. The maximum Gasteiger partial charge on any atom is 0.407 e. The minimum absolute atomic E-state index is 0.0161. The van der Waals surface area contributed by atoms with Gasteiger partial charge in [-0.2, -0.15) is 0 Å². The molecule has 0 aromatic carbocycles. The van der Waals surface area contributed by atoms with Crippen LogP contribution in [0.15, 0.2) is 29.8 Å². The second-order valence-electron chi connectivity index (χ2n) is 8.16. The van der Waals surface area contributed by atoms with E-state index >= 15 is 0 Å². The number of carbonyl (C=O) groups is 2. The van der Waals surface area contributed by atoms with Gasteiger partial charge in [0.15, 0.2) is 0 Å². The monoisotopic (exact) mass is 416 g/mol. The number of hydrogen-bond donors (Lipinski definition) is 1. The number of amides is 2. The summed E-state index contributed by atoms with van der Waals surface area (Å²) in [4.78, 5) is 35.6. The minimum atomic E-state index is -0.540. The summed E-state index contributed by atoms with van der Waals surface area (Å²) in [5, 5.41) is 5.54. The van der Waals surface area contributed by atoms with Crippen molar-refractivity contribution in [2.75, 3.05) is 13.1 Å². The van der Waals surface area contributed by atoms with Crippen LogP contribution in [0.4, 0.5) is 4.79 Å². The molecule has 1 atom stereocenters. The van der Waals surface area contributed by atoms with Gasteiger partial charge in [-0.05, 0) is 52.2 Å². The molecule has 1 aliphatic heterocycles. The SMILES string of the molecule is CC(C)(C)OC(=O)NCC1CCCCN1C(=O)Cc1csc(-c2ccccn2)n1. The number of pyridine rings is 1. The highest BCUT2D eigenvalue weighted by Crippen LogP contribution is 2.23. The third-order valence-corrected chi connectivity index (χ3v) is 5.51. The zero-order valence-electron chi connectivity index (χ0n) is 17.2. The second kappa shape index (κ2) is 9.35. The van der Waals surface area contributed by atoms with Crippen molar-refractivity contribution in [2.24, 2.45) is 0 Å². The first-order valence-electron chi connectivity index (χ1n) is 9.94. The molecule has 156 valence electrons. The first-order valence-corrected chi connectivity index (χ1v) is 10.8. The van der Waals surface area contributed by atoms with Gasteiger partial charge in [-0.3, -0.25) is 9.78 Å². The highest BCUT2D eigenvalue weighted by atomic mass is 32.1. The van der Waals surface area contributed by atoms with Crippen LogP contribution in [-0.4, -0.2) is 51.6 Å². The van der Waals surface area contributed by atoms with Gasteiger partial charge in [0.1, 0.15) is 10.6 Å². The first-order chi connectivity index (χ1) is 13.8. The van der Waals surface area contributed by atoms with Crippen LogP contribution < -0.4 is 5.32 Å². The van der Waals surface area contributed by atoms with Crippen molar-refractivity contribution >= 4 is 23.3 Å². The van der Waals surface area contributed by atoms with E-state index in [9.17, 15) is 9.59 Å². The van der Waals surface area contributed by atoms with Crippen LogP contribution in [0.2, 0.25) is 0 Å². The van der Waals surface area contributed by atoms with Crippen LogP contribution >= 0.6 is 11.3 Å². The average molecular weight is 417 g/mol. The van der Waals surface area contributed by atoms with Gasteiger partial charge in [0.05, 0.1) is 17.8 Å². The van der Waals surface area contributed by atoms with Gasteiger partial charge >= 0.3 is 6.09 Å². The van der Waals surface area contributed by atoms with E-state index in [1.165, 1.54) is 11.3 Å². The molecule has 3 heterocycles. The molecule has 0 spiro atoms. The Balaban J connectivity index is 1.58. The Kier molecular flexibility index (Phi) is 6.84. The highest BCUT2D eigenvalue weighted by molar-refractivity contribution is 7.13. The molecule has 1 unspecified atom stereocenters. The molecule has 0 aliphatic carbocycles. The molecule has 0 saturated carbocycles. The van der Waals surface area contributed by atoms with Crippen LogP contribution in [0.1, 0.15) is 45.7 Å². The summed E-state index contributed by atoms with van der Waals surface area (Å²) in [6.07, 6.45) is 4.44. The zero-order valence-corrected chi connectivity index (χ0v) is 18.0. The minimum Gasteiger partial charge on any atom is -0.444 e. The lowest BCUT2D eigenvalue weighted by Crippen LogP contribution is -2.50. The molecule has 1 aliphatic rings. The number of hydrogen-bond acceptors (Lipinski definition) is 6. The Hall–Kier alpha value is -2.48. The summed E-state index contributed by atoms with van der Waals surface area (Å²) in [6, 6.07) is 5.68. The number of alkyl carbamates (subject to hydrolysis) is 1. The summed E-state index contributed by atoms with van der Waals surface area (Å²) in [6.45, 7) is 6.59. The fourth-order valence-corrected chi connectivity index (χ4v) is 4.10. The number of piperidine rings is 1. The molecule has 1 saturated heterocycles. The van der Waals surface area contributed by atoms with Gasteiger partial charge in [0, 0.05) is 30.7 Å². The molecule has 8 heteroatoms. The maximum atomic E-state index is 12.9. The zero-order chi connectivity index (χ0) is 20.9. The maximum absolute atomic E-state index is 12.9. The molecule has 29 heavy (non-hydrogen) atoms. The first kappa shape index (κ1) is 21.2. The van der Waals surface area contributed by atoms with Gasteiger partial charge in [0.2, 0.25) is 5.91 Å². The molecule has 3 rings (SSSR count). The Morgan fingerprint density at radius 2 is 2.14 bits per heavy atom. The lowest BCUT2D eigenvalue weighted by atomic mass is 10.0. The molecule has 0 bridgehead atoms. The van der Waals surface area contributed by atoms with E-state index < -0.39 is 11.7 Å². The van der Waals surface area contributed by atoms with E-state index in [1.54, 1.807) is 6.20 Å². The van der Waals surface area contributed by atoms with Crippen molar-refractivity contribution in [2.45, 2.75) is 58.1 Å². The van der Waals surface area contributed by atoms with Crippen LogP contribution in [0.5, 0.6) is 0 Å². The van der Waals surface area contributed by atoms with Crippen LogP contribution in [0.25, 0.3) is 10.7 Å². The van der Waals surface area contributed by atoms with Crippen molar-refractivity contribution in [3.8, 4) is 10.7 Å². The van der Waals surface area contributed by atoms with E-state index in [4.69, 9.17) is 4.74 Å². The fraction of sp³-hybridized carbons (Fsp3) is 0.524. The molecule has 2 aromatic heterocycles. The van der Waals surface area contributed by atoms with Crippen molar-refractivity contribution in [1.82, 2.24) is 20.2 Å². The molecule has 0 radical (unpaired) electrons. The van der Waals surface area contributed by atoms with Crippen molar-refractivity contribution < 1.29 is 14.3 Å². The molecule has 1 N–H and O–H groups in total. The topological polar surface area (TPSA) is 84.4 Å². The van der Waals surface area contributed by atoms with E-state index in [2.05, 4.69) is 15.3 Å². The predicted octanol–water partition coefficient (Wildman–Crippen LogP) is 3.65. The van der Waals surface area contributed by atoms with Gasteiger partial charge in [0.25, 0.3) is 0 Å². The molecular formula is C21H28N4O3S. The van der Waals surface area contributed by atoms with Gasteiger partial charge in [-0.1, -0.05) is 6.07 Å². The second-order valence-corrected chi connectivity index (χ2v) is 9.01. The molecule has 7 nitrogen and oxygen atoms in total. The van der Waals surface area contributed by atoms with E-state index in [1.807, 2.05) is 49.3 Å². The third kappa shape index (κ3) is 6.25. The summed E-state index contributed by atoms with van der Waals surface area (Å²) < 4.78 is 5.30. The molecular weight excluding hydrogens is 388 g/mol. The average Bonchev–Trinajstić information content (AvgIpc) is 3.14. The Labute approximate surface area is 175 Å². The van der Waals surface area contributed by atoms with Crippen LogP contribution in [-0.2, 0) is 16.0 Å². The normalized spacial score (nSPS) is 17.1. The Bertz CT molecular complexity index is 832. The van der Waals surface area contributed by atoms with E-state index in [0.717, 1.165) is 35.7 Å². The third-order valence-electron chi connectivity index (χ3n) is 4.60. The lowest BCUT2D eigenvalue weighted by molar-refractivity contribution is -0.134. The van der Waals surface area contributed by atoms with Crippen molar-refractivity contribution in [3.05, 3.63) is 35.5 Å². The van der Waals surface area contributed by atoms with Gasteiger partial charge < -0.3 is 15.0 Å². The summed E-state index contributed by atoms with van der Waals surface area (Å²) in [5.41, 5.74) is 1.03. The summed E-state index contributed by atoms with van der Waals surface area (Å²) in [7, 11) is 0. The summed E-state index contributed by atoms with van der Waals surface area (Å²) in [5.74, 6) is 0.0403. The van der Waals surface area contributed by atoms with Gasteiger partial charge in [-0.15, -0.1) is 11.3 Å². The van der Waals surface area contributed by atoms with Crippen LogP contribution in [0, 0.1) is 0 Å². The summed E-state index contributed by atoms with van der Waals surface area (Å²) >= 11 is 1.49. The van der Waals surface area contributed by atoms with E-state index in [0.29, 0.717) is 13.1 Å². The largest absolute Gasteiger partial charge is 0.444 e. The van der Waals surface area contributed by atoms with Crippen molar-refractivity contribution in [3.63, 3.8) is 0 Å². The Morgan fingerprint density at radius 3 is 2.86 bits per heavy atom. The number of ether oxygens (including phenoxy) is 1. The number of likely N-dealkylation sites (tertiary alicyclic amines) is 1. The number of rotatable bonds is 5. The van der Waals surface area contributed by atoms with E-state index in [-0.39, 0.29) is 18.4 Å². The smallest absolute Gasteiger partial charge is 0.407 e. The quantitative estimate of drug-likeness (QED) is 0.804. The van der Waals surface area contributed by atoms with Crippen molar-refractivity contribution in [1.29, 1.82) is 0 Å². The molecule has 1 fully saturated rings. The fourth-order valence-electron chi connectivity index (χ4n) is 3.31. The number of aromatic nitrogens is 2.